The number of carbonyl (C=O) groups is 1. The molecule has 25 heavy (non-hydrogen) atoms. The molecule has 6 nitrogen and oxygen atoms in total. The van der Waals surface area contributed by atoms with Gasteiger partial charge in [-0.15, -0.1) is 0 Å². The minimum absolute atomic E-state index is 0.0504. The zero-order valence-electron chi connectivity index (χ0n) is 14.5. The van der Waals surface area contributed by atoms with Gasteiger partial charge in [-0.2, -0.15) is 5.26 Å². The van der Waals surface area contributed by atoms with Crippen LogP contribution in [0, 0.1) is 18.3 Å². The second-order valence-electron chi connectivity index (χ2n) is 5.53. The normalized spacial score (nSPS) is 10.3. The number of ether oxygens (including phenoxy) is 1. The molecule has 1 aromatic carbocycles. The van der Waals surface area contributed by atoms with Crippen molar-refractivity contribution in [3.63, 3.8) is 0 Å². The van der Waals surface area contributed by atoms with E-state index in [4.69, 9.17) is 4.74 Å². The topological polar surface area (TPSA) is 92.3 Å². The monoisotopic (exact) mass is 340 g/mol. The van der Waals surface area contributed by atoms with Crippen LogP contribution in [0.1, 0.15) is 47.3 Å². The quantitative estimate of drug-likeness (QED) is 0.816. The molecule has 0 amide bonds. The second kappa shape index (κ2) is 7.67. The molecule has 0 aliphatic heterocycles. The number of benzene rings is 1. The van der Waals surface area contributed by atoms with Gasteiger partial charge in [0, 0.05) is 6.54 Å². The molecular weight excluding hydrogens is 320 g/mol. The standard InChI is InChI=1S/C19H20N2O4/c1-4-10-25-15-9-7-6-8-13(15)17(22)16-12(3)14(11-20)18(23)21(5-2)19(16)24/h6-9,24H,4-5,10H2,1-3H3. The van der Waals surface area contributed by atoms with E-state index in [1.54, 1.807) is 31.2 Å². The van der Waals surface area contributed by atoms with Crippen LogP contribution in [0.5, 0.6) is 11.6 Å². The Morgan fingerprint density at radius 2 is 2.00 bits per heavy atom. The summed E-state index contributed by atoms with van der Waals surface area (Å²) in [7, 11) is 0. The summed E-state index contributed by atoms with van der Waals surface area (Å²) >= 11 is 0. The Hall–Kier alpha value is -3.07. The lowest BCUT2D eigenvalue weighted by molar-refractivity contribution is 0.103. The van der Waals surface area contributed by atoms with E-state index in [1.807, 2.05) is 13.0 Å². The largest absolute Gasteiger partial charge is 0.494 e. The Morgan fingerprint density at radius 3 is 2.60 bits per heavy atom. The lowest BCUT2D eigenvalue weighted by Gasteiger charge is -2.15. The van der Waals surface area contributed by atoms with Crippen molar-refractivity contribution in [1.29, 1.82) is 5.26 Å². The fourth-order valence-corrected chi connectivity index (χ4v) is 2.64. The van der Waals surface area contributed by atoms with E-state index < -0.39 is 17.2 Å². The number of hydrogen-bond acceptors (Lipinski definition) is 5. The first kappa shape index (κ1) is 18.3. The van der Waals surface area contributed by atoms with Gasteiger partial charge in [0.2, 0.25) is 11.7 Å². The summed E-state index contributed by atoms with van der Waals surface area (Å²) in [6, 6.07) is 8.55. The van der Waals surface area contributed by atoms with Crippen LogP contribution < -0.4 is 10.3 Å². The summed E-state index contributed by atoms with van der Waals surface area (Å²) in [5.41, 5.74) is -0.350. The first-order valence-corrected chi connectivity index (χ1v) is 8.10. The number of para-hydroxylation sites is 1. The Balaban J connectivity index is 2.70. The molecule has 1 heterocycles. The van der Waals surface area contributed by atoms with Gasteiger partial charge in [0.1, 0.15) is 17.4 Å². The SMILES string of the molecule is CCCOc1ccccc1C(=O)c1c(C)c(C#N)c(=O)n(CC)c1O. The Bertz CT molecular complexity index is 907. The maximum atomic E-state index is 13.1. The zero-order valence-corrected chi connectivity index (χ0v) is 14.5. The van der Waals surface area contributed by atoms with E-state index in [0.717, 1.165) is 11.0 Å². The number of hydrogen-bond donors (Lipinski definition) is 1. The van der Waals surface area contributed by atoms with Crippen molar-refractivity contribution in [2.45, 2.75) is 33.7 Å². The number of rotatable bonds is 6. The van der Waals surface area contributed by atoms with Gasteiger partial charge < -0.3 is 9.84 Å². The average molecular weight is 340 g/mol. The van der Waals surface area contributed by atoms with E-state index in [9.17, 15) is 20.0 Å². The number of aromatic nitrogens is 1. The molecule has 2 rings (SSSR count). The summed E-state index contributed by atoms with van der Waals surface area (Å²) in [4.78, 5) is 25.3. The molecule has 0 spiro atoms. The van der Waals surface area contributed by atoms with Crippen LogP contribution in [0.3, 0.4) is 0 Å². The number of nitrogens with zero attached hydrogens (tertiary/aromatic N) is 2. The van der Waals surface area contributed by atoms with Crippen molar-refractivity contribution in [2.75, 3.05) is 6.61 Å². The fourth-order valence-electron chi connectivity index (χ4n) is 2.64. The molecule has 0 fully saturated rings. The molecule has 6 heteroatoms. The molecule has 0 bridgehead atoms. The van der Waals surface area contributed by atoms with E-state index in [0.29, 0.717) is 12.4 Å². The number of carbonyl (C=O) groups excluding carboxylic acids is 1. The van der Waals surface area contributed by atoms with Gasteiger partial charge in [0.25, 0.3) is 5.56 Å². The van der Waals surface area contributed by atoms with Gasteiger partial charge in [-0.25, -0.2) is 0 Å². The fraction of sp³-hybridized carbons (Fsp3) is 0.316. The van der Waals surface area contributed by atoms with E-state index in [2.05, 4.69) is 0 Å². The summed E-state index contributed by atoms with van der Waals surface area (Å²) < 4.78 is 6.63. The zero-order chi connectivity index (χ0) is 18.6. The highest BCUT2D eigenvalue weighted by Gasteiger charge is 2.26. The molecule has 1 N–H and O–H groups in total. The number of pyridine rings is 1. The predicted octanol–water partition coefficient (Wildman–Crippen LogP) is 2.77. The number of ketones is 1. The molecule has 0 aliphatic rings. The lowest BCUT2D eigenvalue weighted by Crippen LogP contribution is -2.26. The molecule has 0 saturated carbocycles. The smallest absolute Gasteiger partial charge is 0.271 e. The summed E-state index contributed by atoms with van der Waals surface area (Å²) in [5, 5.41) is 19.7. The highest BCUT2D eigenvalue weighted by molar-refractivity contribution is 6.13. The summed E-state index contributed by atoms with van der Waals surface area (Å²) in [6.07, 6.45) is 0.784. The Morgan fingerprint density at radius 1 is 1.32 bits per heavy atom. The van der Waals surface area contributed by atoms with E-state index >= 15 is 0 Å². The molecule has 2 aromatic rings. The Labute approximate surface area is 145 Å². The molecule has 0 saturated heterocycles. The van der Waals surface area contributed by atoms with E-state index in [1.165, 1.54) is 6.92 Å². The molecule has 0 atom stereocenters. The van der Waals surface area contributed by atoms with Crippen molar-refractivity contribution in [2.24, 2.45) is 0 Å². The molecule has 1 aromatic heterocycles. The van der Waals surface area contributed by atoms with Crippen LogP contribution in [0.25, 0.3) is 0 Å². The van der Waals surface area contributed by atoms with Gasteiger partial charge in [0.15, 0.2) is 0 Å². The highest BCUT2D eigenvalue weighted by Crippen LogP contribution is 2.28. The van der Waals surface area contributed by atoms with Crippen LogP contribution in [-0.4, -0.2) is 22.1 Å². The third-order valence-electron chi connectivity index (χ3n) is 3.94. The first-order chi connectivity index (χ1) is 12.0. The third kappa shape index (κ3) is 3.26. The summed E-state index contributed by atoms with van der Waals surface area (Å²) in [5.74, 6) is -0.513. The van der Waals surface area contributed by atoms with Crippen LogP contribution >= 0.6 is 0 Å². The van der Waals surface area contributed by atoms with Gasteiger partial charge in [-0.1, -0.05) is 19.1 Å². The van der Waals surface area contributed by atoms with Crippen LogP contribution in [0.4, 0.5) is 0 Å². The van der Waals surface area contributed by atoms with Gasteiger partial charge in [-0.3, -0.25) is 14.2 Å². The predicted molar refractivity (Wildman–Crippen MR) is 93.2 cm³/mol. The second-order valence-corrected chi connectivity index (χ2v) is 5.53. The minimum atomic E-state index is -0.605. The van der Waals surface area contributed by atoms with Crippen LogP contribution in [-0.2, 0) is 6.54 Å². The van der Waals surface area contributed by atoms with Gasteiger partial charge >= 0.3 is 0 Å². The van der Waals surface area contributed by atoms with Crippen molar-refractivity contribution >= 4 is 5.78 Å². The number of nitriles is 1. The summed E-state index contributed by atoms with van der Waals surface area (Å²) in [6.45, 7) is 5.70. The molecule has 0 radical (unpaired) electrons. The minimum Gasteiger partial charge on any atom is -0.494 e. The first-order valence-electron chi connectivity index (χ1n) is 8.10. The Kier molecular flexibility index (Phi) is 5.60. The maximum Gasteiger partial charge on any atom is 0.271 e. The molecular formula is C19H20N2O4. The lowest BCUT2D eigenvalue weighted by atomic mass is 9.96. The highest BCUT2D eigenvalue weighted by atomic mass is 16.5. The van der Waals surface area contributed by atoms with Crippen molar-refractivity contribution in [3.05, 3.63) is 56.9 Å². The molecule has 130 valence electrons. The van der Waals surface area contributed by atoms with Crippen molar-refractivity contribution in [1.82, 2.24) is 4.57 Å². The third-order valence-corrected chi connectivity index (χ3v) is 3.94. The van der Waals surface area contributed by atoms with E-state index in [-0.39, 0.29) is 28.8 Å². The average Bonchev–Trinajstić information content (AvgIpc) is 2.60. The van der Waals surface area contributed by atoms with Crippen LogP contribution in [0.2, 0.25) is 0 Å². The van der Waals surface area contributed by atoms with Crippen molar-refractivity contribution < 1.29 is 14.6 Å². The molecule has 0 unspecified atom stereocenters. The van der Waals surface area contributed by atoms with Crippen LogP contribution in [0.15, 0.2) is 29.1 Å². The maximum absolute atomic E-state index is 13.1. The molecule has 0 aliphatic carbocycles. The van der Waals surface area contributed by atoms with Gasteiger partial charge in [-0.05, 0) is 38.0 Å². The number of aromatic hydroxyl groups is 1. The van der Waals surface area contributed by atoms with Gasteiger partial charge in [0.05, 0.1) is 17.7 Å². The van der Waals surface area contributed by atoms with Crippen molar-refractivity contribution in [3.8, 4) is 17.7 Å².